The Morgan fingerprint density at radius 1 is 1.16 bits per heavy atom. The van der Waals surface area contributed by atoms with Gasteiger partial charge in [0.2, 0.25) is 0 Å². The highest BCUT2D eigenvalue weighted by Gasteiger charge is 2.49. The number of esters is 2. The molecule has 5 atom stereocenters. The lowest BCUT2D eigenvalue weighted by atomic mass is 9.98. The molecule has 0 aromatic heterocycles. The Bertz CT molecular complexity index is 331. The molecule has 1 heterocycles. The summed E-state index contributed by atoms with van der Waals surface area (Å²) < 4.78 is 20.1. The molecule has 0 aromatic rings. The van der Waals surface area contributed by atoms with Crippen LogP contribution >= 0.6 is 0 Å². The van der Waals surface area contributed by atoms with Crippen LogP contribution in [0.4, 0.5) is 0 Å². The number of carbonyl (C=O) groups excluding carboxylic acids is 2. The summed E-state index contributed by atoms with van der Waals surface area (Å²) in [6, 6.07) is 0. The van der Waals surface area contributed by atoms with Crippen molar-refractivity contribution in [3.8, 4) is 0 Å². The van der Waals surface area contributed by atoms with Crippen molar-refractivity contribution in [2.75, 3.05) is 13.7 Å². The monoisotopic (exact) mass is 278 g/mol. The molecule has 8 nitrogen and oxygen atoms in total. The summed E-state index contributed by atoms with van der Waals surface area (Å²) >= 11 is 0. The molecular formula is C11H18O8. The van der Waals surface area contributed by atoms with Gasteiger partial charge in [-0.2, -0.15) is 0 Å². The molecule has 1 saturated heterocycles. The number of hydrogen-bond acceptors (Lipinski definition) is 8. The number of ether oxygens (including phenoxy) is 4. The first kappa shape index (κ1) is 15.8. The predicted molar refractivity (Wildman–Crippen MR) is 59.9 cm³/mol. The maximum absolute atomic E-state index is 11.1. The van der Waals surface area contributed by atoms with Crippen LogP contribution in [0.5, 0.6) is 0 Å². The van der Waals surface area contributed by atoms with Crippen LogP contribution in [0.25, 0.3) is 0 Å². The van der Waals surface area contributed by atoms with Gasteiger partial charge in [0.05, 0.1) is 6.61 Å². The van der Waals surface area contributed by atoms with Gasteiger partial charge in [-0.1, -0.05) is 0 Å². The van der Waals surface area contributed by atoms with Crippen LogP contribution in [0.1, 0.15) is 13.8 Å². The molecule has 0 amide bonds. The maximum atomic E-state index is 11.1. The topological polar surface area (TPSA) is 112 Å². The first-order chi connectivity index (χ1) is 8.90. The van der Waals surface area contributed by atoms with Gasteiger partial charge in [-0.25, -0.2) is 0 Å². The number of methoxy groups -OCH3 is 1. The summed E-state index contributed by atoms with van der Waals surface area (Å²) in [5.74, 6) is -1.29. The molecule has 0 unspecified atom stereocenters. The van der Waals surface area contributed by atoms with E-state index >= 15 is 0 Å². The van der Waals surface area contributed by atoms with Crippen LogP contribution in [0.2, 0.25) is 0 Å². The Labute approximate surface area is 110 Å². The van der Waals surface area contributed by atoms with Crippen molar-refractivity contribution in [2.24, 2.45) is 0 Å². The summed E-state index contributed by atoms with van der Waals surface area (Å²) in [4.78, 5) is 22.1. The SMILES string of the molecule is CO[C@@H]1O[C@@H](CO)[C@@H](O)[C@@H](OC(C)=O)[C@@H]1OC(C)=O. The zero-order valence-electron chi connectivity index (χ0n) is 10.9. The second kappa shape index (κ2) is 6.80. The Hall–Kier alpha value is -1.22. The lowest BCUT2D eigenvalue weighted by Gasteiger charge is -2.42. The molecular weight excluding hydrogens is 260 g/mol. The van der Waals surface area contributed by atoms with E-state index < -0.39 is 49.3 Å². The molecule has 1 fully saturated rings. The van der Waals surface area contributed by atoms with Gasteiger partial charge >= 0.3 is 11.9 Å². The van der Waals surface area contributed by atoms with Crippen LogP contribution in [0.3, 0.4) is 0 Å². The van der Waals surface area contributed by atoms with E-state index in [9.17, 15) is 14.7 Å². The molecule has 1 aliphatic rings. The number of aliphatic hydroxyl groups is 2. The quantitative estimate of drug-likeness (QED) is 0.602. The summed E-state index contributed by atoms with van der Waals surface area (Å²) in [7, 11) is 1.30. The first-order valence-corrected chi connectivity index (χ1v) is 5.72. The van der Waals surface area contributed by atoms with E-state index in [1.54, 1.807) is 0 Å². The minimum Gasteiger partial charge on any atom is -0.455 e. The summed E-state index contributed by atoms with van der Waals surface area (Å²) in [5.41, 5.74) is 0. The van der Waals surface area contributed by atoms with E-state index in [1.807, 2.05) is 0 Å². The van der Waals surface area contributed by atoms with Gasteiger partial charge in [0.25, 0.3) is 0 Å². The first-order valence-electron chi connectivity index (χ1n) is 5.72. The van der Waals surface area contributed by atoms with Crippen LogP contribution in [-0.4, -0.2) is 66.6 Å². The third-order valence-corrected chi connectivity index (χ3v) is 2.63. The molecule has 0 saturated carbocycles. The largest absolute Gasteiger partial charge is 0.455 e. The maximum Gasteiger partial charge on any atom is 0.303 e. The number of aliphatic hydroxyl groups excluding tert-OH is 2. The van der Waals surface area contributed by atoms with Gasteiger partial charge in [-0.05, 0) is 0 Å². The smallest absolute Gasteiger partial charge is 0.303 e. The Morgan fingerprint density at radius 3 is 2.11 bits per heavy atom. The van der Waals surface area contributed by atoms with E-state index in [0.717, 1.165) is 6.92 Å². The highest BCUT2D eigenvalue weighted by atomic mass is 16.7. The lowest BCUT2D eigenvalue weighted by Crippen LogP contribution is -2.61. The van der Waals surface area contributed by atoms with Gasteiger partial charge in [-0.15, -0.1) is 0 Å². The highest BCUT2D eigenvalue weighted by Crippen LogP contribution is 2.26. The number of carbonyl (C=O) groups is 2. The van der Waals surface area contributed by atoms with E-state index in [1.165, 1.54) is 14.0 Å². The van der Waals surface area contributed by atoms with Crippen molar-refractivity contribution in [1.82, 2.24) is 0 Å². The average Bonchev–Trinajstić information content (AvgIpc) is 2.33. The van der Waals surface area contributed by atoms with E-state index in [4.69, 9.17) is 24.1 Å². The second-order valence-electron chi connectivity index (χ2n) is 4.10. The highest BCUT2D eigenvalue weighted by molar-refractivity contribution is 5.67. The molecule has 0 aliphatic carbocycles. The zero-order chi connectivity index (χ0) is 14.6. The van der Waals surface area contributed by atoms with Crippen LogP contribution in [-0.2, 0) is 28.5 Å². The molecule has 0 spiro atoms. The van der Waals surface area contributed by atoms with Crippen molar-refractivity contribution in [1.29, 1.82) is 0 Å². The number of rotatable bonds is 4. The third kappa shape index (κ3) is 3.87. The van der Waals surface area contributed by atoms with Crippen LogP contribution < -0.4 is 0 Å². The average molecular weight is 278 g/mol. The zero-order valence-corrected chi connectivity index (χ0v) is 10.9. The fraction of sp³-hybridized carbons (Fsp3) is 0.818. The van der Waals surface area contributed by atoms with E-state index in [2.05, 4.69) is 0 Å². The molecule has 0 radical (unpaired) electrons. The van der Waals surface area contributed by atoms with Gasteiger partial charge < -0.3 is 29.2 Å². The van der Waals surface area contributed by atoms with Gasteiger partial charge in [0, 0.05) is 21.0 Å². The van der Waals surface area contributed by atoms with Crippen LogP contribution in [0.15, 0.2) is 0 Å². The second-order valence-corrected chi connectivity index (χ2v) is 4.10. The predicted octanol–water partition coefficient (Wildman–Crippen LogP) is -1.43. The van der Waals surface area contributed by atoms with E-state index in [0.29, 0.717) is 0 Å². The Kier molecular flexibility index (Phi) is 5.67. The fourth-order valence-electron chi connectivity index (χ4n) is 1.87. The Balaban J connectivity index is 2.96. The van der Waals surface area contributed by atoms with E-state index in [-0.39, 0.29) is 0 Å². The minimum atomic E-state index is -1.33. The number of hydrogen-bond donors (Lipinski definition) is 2. The normalized spacial score (nSPS) is 34.7. The van der Waals surface area contributed by atoms with Gasteiger partial charge in [0.15, 0.2) is 18.5 Å². The standard InChI is InChI=1S/C11H18O8/c1-5(13)17-9-8(15)7(4-12)19-11(16-3)10(9)18-6(2)14/h7-12,15H,4H2,1-3H3/t7-,8+,9+,10-,11+/m0/s1. The van der Waals surface area contributed by atoms with Crippen molar-refractivity contribution in [2.45, 2.75) is 44.6 Å². The lowest BCUT2D eigenvalue weighted by molar-refractivity contribution is -0.299. The molecule has 2 N–H and O–H groups in total. The molecule has 8 heteroatoms. The van der Waals surface area contributed by atoms with Crippen molar-refractivity contribution in [3.63, 3.8) is 0 Å². The van der Waals surface area contributed by atoms with Crippen molar-refractivity contribution >= 4 is 11.9 Å². The third-order valence-electron chi connectivity index (χ3n) is 2.63. The summed E-state index contributed by atoms with van der Waals surface area (Å²) in [5, 5.41) is 19.1. The molecule has 110 valence electrons. The molecule has 1 rings (SSSR count). The molecule has 1 aliphatic heterocycles. The fourth-order valence-corrected chi connectivity index (χ4v) is 1.87. The molecule has 0 aromatic carbocycles. The summed E-state index contributed by atoms with van der Waals surface area (Å²) in [6.45, 7) is 1.83. The molecule has 19 heavy (non-hydrogen) atoms. The van der Waals surface area contributed by atoms with Crippen molar-refractivity contribution < 1.29 is 38.7 Å². The van der Waals surface area contributed by atoms with Crippen LogP contribution in [0, 0.1) is 0 Å². The minimum absolute atomic E-state index is 0.494. The summed E-state index contributed by atoms with van der Waals surface area (Å²) in [6.07, 6.45) is -5.65. The van der Waals surface area contributed by atoms with Gasteiger partial charge in [0.1, 0.15) is 12.2 Å². The van der Waals surface area contributed by atoms with Crippen molar-refractivity contribution in [3.05, 3.63) is 0 Å². The van der Waals surface area contributed by atoms with Gasteiger partial charge in [-0.3, -0.25) is 9.59 Å². The Morgan fingerprint density at radius 2 is 1.68 bits per heavy atom. The molecule has 0 bridgehead atoms.